The Morgan fingerprint density at radius 3 is 2.80 bits per heavy atom. The van der Waals surface area contributed by atoms with Gasteiger partial charge in [0.2, 0.25) is 0 Å². The predicted molar refractivity (Wildman–Crippen MR) is 79.1 cm³/mol. The third kappa shape index (κ3) is 4.01. The smallest absolute Gasteiger partial charge is 0.330 e. The molecular weight excluding hydrogens is 274 g/mol. The maximum Gasteiger partial charge on any atom is 0.330 e. The molecule has 1 aromatic rings. The molecule has 0 saturated carbocycles. The van der Waals surface area contributed by atoms with E-state index < -0.39 is 5.41 Å². The molecule has 1 aromatic heterocycles. The van der Waals surface area contributed by atoms with Gasteiger partial charge in [-0.1, -0.05) is 0 Å². The normalized spacial score (nSPS) is 21.9. The van der Waals surface area contributed by atoms with Gasteiger partial charge in [0.15, 0.2) is 0 Å². The average Bonchev–Trinajstić information content (AvgIpc) is 2.84. The second-order valence-electron chi connectivity index (χ2n) is 6.28. The molecule has 1 unspecified atom stereocenters. The van der Waals surface area contributed by atoms with Crippen LogP contribution in [0.2, 0.25) is 0 Å². The van der Waals surface area contributed by atoms with Gasteiger partial charge in [-0.2, -0.15) is 0 Å². The first-order valence-corrected chi connectivity index (χ1v) is 7.84. The lowest BCUT2D eigenvalue weighted by Crippen LogP contribution is -2.52. The van der Waals surface area contributed by atoms with Crippen molar-refractivity contribution >= 4 is 17.3 Å². The Morgan fingerprint density at radius 1 is 1.50 bits per heavy atom. The summed E-state index contributed by atoms with van der Waals surface area (Å²) >= 11 is 1.68. The molecule has 1 aliphatic rings. The van der Waals surface area contributed by atoms with Gasteiger partial charge in [-0.05, 0) is 27.7 Å². The van der Waals surface area contributed by atoms with Crippen LogP contribution in [0.25, 0.3) is 0 Å². The second kappa shape index (κ2) is 6.20. The minimum absolute atomic E-state index is 0.169. The average molecular weight is 297 g/mol. The maximum atomic E-state index is 11.9. The number of piperazine rings is 1. The lowest BCUT2D eigenvalue weighted by atomic mass is 9.98. The van der Waals surface area contributed by atoms with E-state index in [-0.39, 0.29) is 12.0 Å². The Bertz CT molecular complexity index is 442. The fourth-order valence-corrected chi connectivity index (χ4v) is 2.72. The van der Waals surface area contributed by atoms with Crippen molar-refractivity contribution < 1.29 is 9.63 Å². The van der Waals surface area contributed by atoms with Crippen molar-refractivity contribution in [3.8, 4) is 0 Å². The Morgan fingerprint density at radius 2 is 2.25 bits per heavy atom. The SMILES string of the molecule is CC1CN(Cc2nccs2)CCN1OC(=O)C(C)(C)C. The fourth-order valence-electron chi connectivity index (χ4n) is 2.06. The molecular formula is C14H23N3O2S. The van der Waals surface area contributed by atoms with E-state index in [9.17, 15) is 4.79 Å². The highest BCUT2D eigenvalue weighted by Crippen LogP contribution is 2.19. The lowest BCUT2D eigenvalue weighted by molar-refractivity contribution is -0.219. The highest BCUT2D eigenvalue weighted by atomic mass is 32.1. The quantitative estimate of drug-likeness (QED) is 0.855. The van der Waals surface area contributed by atoms with Crippen LogP contribution in [0.3, 0.4) is 0 Å². The molecule has 2 rings (SSSR count). The van der Waals surface area contributed by atoms with Gasteiger partial charge < -0.3 is 4.84 Å². The van der Waals surface area contributed by atoms with Crippen molar-refractivity contribution in [2.45, 2.75) is 40.3 Å². The van der Waals surface area contributed by atoms with Crippen LogP contribution in [0.1, 0.15) is 32.7 Å². The lowest BCUT2D eigenvalue weighted by Gasteiger charge is -2.38. The zero-order valence-corrected chi connectivity index (χ0v) is 13.4. The van der Waals surface area contributed by atoms with E-state index in [0.29, 0.717) is 0 Å². The van der Waals surface area contributed by atoms with Crippen LogP contribution in [-0.2, 0) is 16.2 Å². The summed E-state index contributed by atoms with van der Waals surface area (Å²) in [5, 5.41) is 4.95. The molecule has 5 nitrogen and oxygen atoms in total. The monoisotopic (exact) mass is 297 g/mol. The molecule has 1 fully saturated rings. The van der Waals surface area contributed by atoms with Gasteiger partial charge in [-0.25, -0.2) is 9.78 Å². The Balaban J connectivity index is 1.85. The van der Waals surface area contributed by atoms with Crippen LogP contribution in [-0.4, -0.2) is 46.6 Å². The van der Waals surface area contributed by atoms with Crippen LogP contribution in [0.5, 0.6) is 0 Å². The van der Waals surface area contributed by atoms with Gasteiger partial charge >= 0.3 is 5.97 Å². The number of hydrogen-bond acceptors (Lipinski definition) is 6. The van der Waals surface area contributed by atoms with Crippen LogP contribution in [0, 0.1) is 5.41 Å². The molecule has 6 heteroatoms. The number of nitrogens with zero attached hydrogens (tertiary/aromatic N) is 3. The van der Waals surface area contributed by atoms with Crippen molar-refractivity contribution in [1.29, 1.82) is 0 Å². The molecule has 0 N–H and O–H groups in total. The molecule has 0 amide bonds. The van der Waals surface area contributed by atoms with E-state index >= 15 is 0 Å². The van der Waals surface area contributed by atoms with Crippen LogP contribution in [0.15, 0.2) is 11.6 Å². The molecule has 1 atom stereocenters. The summed E-state index contributed by atoms with van der Waals surface area (Å²) in [5.41, 5.74) is -0.461. The van der Waals surface area contributed by atoms with Crippen molar-refractivity contribution in [1.82, 2.24) is 14.9 Å². The van der Waals surface area contributed by atoms with Gasteiger partial charge in [0, 0.05) is 31.2 Å². The number of rotatable bonds is 3. The van der Waals surface area contributed by atoms with Crippen LogP contribution in [0.4, 0.5) is 0 Å². The summed E-state index contributed by atoms with van der Waals surface area (Å²) in [6.45, 7) is 11.1. The van der Waals surface area contributed by atoms with E-state index in [4.69, 9.17) is 4.84 Å². The minimum atomic E-state index is -0.461. The molecule has 0 radical (unpaired) electrons. The number of carbonyl (C=O) groups is 1. The summed E-state index contributed by atoms with van der Waals surface area (Å²) < 4.78 is 0. The first-order chi connectivity index (χ1) is 9.36. The van der Waals surface area contributed by atoms with Gasteiger partial charge in [-0.15, -0.1) is 16.4 Å². The summed E-state index contributed by atoms with van der Waals surface area (Å²) in [6, 6.07) is 0.204. The highest BCUT2D eigenvalue weighted by molar-refractivity contribution is 7.09. The van der Waals surface area contributed by atoms with Crippen LogP contribution < -0.4 is 0 Å². The van der Waals surface area contributed by atoms with Gasteiger partial charge in [0.1, 0.15) is 5.01 Å². The van der Waals surface area contributed by atoms with E-state index in [1.54, 1.807) is 11.3 Å². The van der Waals surface area contributed by atoms with Crippen molar-refractivity contribution in [2.75, 3.05) is 19.6 Å². The van der Waals surface area contributed by atoms with Gasteiger partial charge in [0.05, 0.1) is 18.0 Å². The standard InChI is InChI=1S/C14H23N3O2S/c1-11-9-16(10-12-15-5-8-20-12)6-7-17(11)19-13(18)14(2,3)4/h5,8,11H,6-7,9-10H2,1-4H3. The predicted octanol–water partition coefficient (Wildman–Crippen LogP) is 2.15. The third-order valence-electron chi connectivity index (χ3n) is 3.31. The number of hydrogen-bond donors (Lipinski definition) is 0. The number of aromatic nitrogens is 1. The molecule has 112 valence electrons. The maximum absolute atomic E-state index is 11.9. The highest BCUT2D eigenvalue weighted by Gasteiger charge is 2.31. The van der Waals surface area contributed by atoms with Gasteiger partial charge in [-0.3, -0.25) is 4.90 Å². The van der Waals surface area contributed by atoms with Crippen LogP contribution >= 0.6 is 11.3 Å². The van der Waals surface area contributed by atoms with Gasteiger partial charge in [0.25, 0.3) is 0 Å². The number of thiazole rings is 1. The third-order valence-corrected chi connectivity index (χ3v) is 4.07. The summed E-state index contributed by atoms with van der Waals surface area (Å²) in [6.07, 6.45) is 1.84. The van der Waals surface area contributed by atoms with E-state index in [1.165, 1.54) is 0 Å². The second-order valence-corrected chi connectivity index (χ2v) is 7.26. The summed E-state index contributed by atoms with van der Waals surface area (Å²) in [7, 11) is 0. The molecule has 0 bridgehead atoms. The first kappa shape index (κ1) is 15.4. The Kier molecular flexibility index (Phi) is 4.78. The van der Waals surface area contributed by atoms with Crippen molar-refractivity contribution in [3.05, 3.63) is 16.6 Å². The topological polar surface area (TPSA) is 45.7 Å². The summed E-state index contributed by atoms with van der Waals surface area (Å²) in [4.78, 5) is 24.1. The Labute approximate surface area is 124 Å². The number of hydroxylamine groups is 2. The molecule has 0 aromatic carbocycles. The molecule has 0 aliphatic carbocycles. The first-order valence-electron chi connectivity index (χ1n) is 6.96. The van der Waals surface area contributed by atoms with E-state index in [1.807, 2.05) is 37.4 Å². The molecule has 1 saturated heterocycles. The van der Waals surface area contributed by atoms with E-state index in [0.717, 1.165) is 31.2 Å². The molecule has 1 aliphatic heterocycles. The zero-order valence-electron chi connectivity index (χ0n) is 12.6. The minimum Gasteiger partial charge on any atom is -0.367 e. The fraction of sp³-hybridized carbons (Fsp3) is 0.714. The molecule has 20 heavy (non-hydrogen) atoms. The van der Waals surface area contributed by atoms with Crippen molar-refractivity contribution in [2.24, 2.45) is 5.41 Å². The number of carbonyl (C=O) groups excluding carboxylic acids is 1. The zero-order chi connectivity index (χ0) is 14.8. The van der Waals surface area contributed by atoms with Crippen molar-refractivity contribution in [3.63, 3.8) is 0 Å². The summed E-state index contributed by atoms with van der Waals surface area (Å²) in [5.74, 6) is -0.169. The Hall–Kier alpha value is -0.980. The molecule has 2 heterocycles. The molecule has 0 spiro atoms. The largest absolute Gasteiger partial charge is 0.367 e. The van der Waals surface area contributed by atoms with E-state index in [2.05, 4.69) is 16.8 Å².